The summed E-state index contributed by atoms with van der Waals surface area (Å²) in [7, 11) is 1.63. The van der Waals surface area contributed by atoms with Crippen LogP contribution in [0.4, 0.5) is 0 Å². The number of benzene rings is 2. The van der Waals surface area contributed by atoms with Crippen LogP contribution in [0.1, 0.15) is 29.9 Å². The van der Waals surface area contributed by atoms with E-state index in [1.807, 2.05) is 62.4 Å². The first-order valence-corrected chi connectivity index (χ1v) is 11.0. The number of nitrogens with one attached hydrogen (secondary N) is 3. The molecule has 2 amide bonds. The molecule has 3 N–H and O–H groups in total. The van der Waals surface area contributed by atoms with E-state index in [1.165, 1.54) is 0 Å². The van der Waals surface area contributed by atoms with Crippen molar-refractivity contribution < 1.29 is 14.3 Å². The molecule has 1 atom stereocenters. The quantitative estimate of drug-likeness (QED) is 0.385. The number of nitrogens with zero attached hydrogens (tertiary/aromatic N) is 1. The zero-order valence-corrected chi connectivity index (χ0v) is 19.0. The lowest BCUT2D eigenvalue weighted by molar-refractivity contribution is -0.123. The lowest BCUT2D eigenvalue weighted by Crippen LogP contribution is -2.50. The number of pyridine rings is 1. The third-order valence-corrected chi connectivity index (χ3v) is 5.73. The van der Waals surface area contributed by atoms with Crippen molar-refractivity contribution in [1.29, 1.82) is 0 Å². The van der Waals surface area contributed by atoms with E-state index < -0.39 is 6.04 Å². The van der Waals surface area contributed by atoms with E-state index in [0.717, 1.165) is 33.1 Å². The maximum atomic E-state index is 12.9. The van der Waals surface area contributed by atoms with E-state index >= 15 is 0 Å². The Hall–Kier alpha value is -3.87. The Labute approximate surface area is 192 Å². The van der Waals surface area contributed by atoms with Gasteiger partial charge in [0.25, 0.3) is 5.91 Å². The maximum Gasteiger partial charge on any atom is 0.270 e. The van der Waals surface area contributed by atoms with Crippen LogP contribution in [0.2, 0.25) is 0 Å². The number of para-hydroxylation sites is 1. The highest BCUT2D eigenvalue weighted by Gasteiger charge is 2.25. The fourth-order valence-electron chi connectivity index (χ4n) is 3.86. The zero-order valence-electron chi connectivity index (χ0n) is 19.0. The number of amides is 2. The zero-order chi connectivity index (χ0) is 23.4. The number of carbonyl (C=O) groups is 2. The molecule has 0 aliphatic rings. The molecule has 2 aromatic carbocycles. The van der Waals surface area contributed by atoms with Crippen LogP contribution in [0.15, 0.2) is 60.8 Å². The minimum atomic E-state index is -0.658. The van der Waals surface area contributed by atoms with Gasteiger partial charge in [0.1, 0.15) is 17.5 Å². The maximum absolute atomic E-state index is 12.9. The SMILES string of the molecule is COc1ccc(CCNC(=O)C(NC(=O)c2cc3c(cn2)[nH]c2ccccc23)C(C)C)cc1. The Morgan fingerprint density at radius 3 is 2.52 bits per heavy atom. The highest BCUT2D eigenvalue weighted by molar-refractivity contribution is 6.09. The van der Waals surface area contributed by atoms with Crippen molar-refractivity contribution in [2.75, 3.05) is 13.7 Å². The van der Waals surface area contributed by atoms with Gasteiger partial charge in [0.2, 0.25) is 5.91 Å². The van der Waals surface area contributed by atoms with Crippen LogP contribution < -0.4 is 15.4 Å². The van der Waals surface area contributed by atoms with Crippen molar-refractivity contribution >= 4 is 33.6 Å². The summed E-state index contributed by atoms with van der Waals surface area (Å²) in [5, 5.41) is 7.75. The number of aromatic amines is 1. The van der Waals surface area contributed by atoms with E-state index in [4.69, 9.17) is 4.74 Å². The van der Waals surface area contributed by atoms with Gasteiger partial charge in [-0.2, -0.15) is 0 Å². The van der Waals surface area contributed by atoms with Gasteiger partial charge < -0.3 is 20.4 Å². The Balaban J connectivity index is 1.41. The number of aromatic nitrogens is 2. The first-order valence-electron chi connectivity index (χ1n) is 11.0. The first-order chi connectivity index (χ1) is 16.0. The molecule has 4 rings (SSSR count). The summed E-state index contributed by atoms with van der Waals surface area (Å²) >= 11 is 0. The van der Waals surface area contributed by atoms with Crippen molar-refractivity contribution in [2.45, 2.75) is 26.3 Å². The van der Waals surface area contributed by atoms with Crippen LogP contribution in [0.5, 0.6) is 5.75 Å². The number of hydrogen-bond donors (Lipinski definition) is 3. The lowest BCUT2D eigenvalue weighted by atomic mass is 10.0. The number of methoxy groups -OCH3 is 1. The Morgan fingerprint density at radius 1 is 1.03 bits per heavy atom. The van der Waals surface area contributed by atoms with Crippen LogP contribution in [-0.2, 0) is 11.2 Å². The molecule has 0 spiro atoms. The molecule has 0 bridgehead atoms. The summed E-state index contributed by atoms with van der Waals surface area (Å²) < 4.78 is 5.17. The summed E-state index contributed by atoms with van der Waals surface area (Å²) in [6.07, 6.45) is 2.34. The summed E-state index contributed by atoms with van der Waals surface area (Å²) in [6, 6.07) is 16.7. The molecular weight excluding hydrogens is 416 g/mol. The number of H-pyrrole nitrogens is 1. The average Bonchev–Trinajstić information content (AvgIpc) is 3.20. The minimum Gasteiger partial charge on any atom is -0.497 e. The number of ether oxygens (including phenoxy) is 1. The highest BCUT2D eigenvalue weighted by Crippen LogP contribution is 2.25. The van der Waals surface area contributed by atoms with Gasteiger partial charge in [0, 0.05) is 22.8 Å². The highest BCUT2D eigenvalue weighted by atomic mass is 16.5. The lowest BCUT2D eigenvalue weighted by Gasteiger charge is -2.21. The van der Waals surface area contributed by atoms with Gasteiger partial charge in [-0.25, -0.2) is 4.98 Å². The van der Waals surface area contributed by atoms with Crippen LogP contribution in [0, 0.1) is 5.92 Å². The topological polar surface area (TPSA) is 96.1 Å². The van der Waals surface area contributed by atoms with Crippen molar-refractivity contribution in [3.05, 3.63) is 72.1 Å². The molecule has 0 saturated heterocycles. The van der Waals surface area contributed by atoms with Crippen LogP contribution in [-0.4, -0.2) is 41.5 Å². The normalized spacial score (nSPS) is 12.1. The molecule has 7 heteroatoms. The molecule has 4 aromatic rings. The van der Waals surface area contributed by atoms with Gasteiger partial charge >= 0.3 is 0 Å². The molecule has 170 valence electrons. The second-order valence-electron chi connectivity index (χ2n) is 8.37. The molecule has 33 heavy (non-hydrogen) atoms. The number of hydrogen-bond acceptors (Lipinski definition) is 4. The molecule has 1 unspecified atom stereocenters. The molecule has 0 fully saturated rings. The van der Waals surface area contributed by atoms with Crippen LogP contribution >= 0.6 is 0 Å². The molecule has 0 radical (unpaired) electrons. The number of fused-ring (bicyclic) bond motifs is 3. The summed E-state index contributed by atoms with van der Waals surface area (Å²) in [5.41, 5.74) is 3.23. The average molecular weight is 445 g/mol. The van der Waals surface area contributed by atoms with Gasteiger partial charge in [-0.1, -0.05) is 44.2 Å². The summed E-state index contributed by atoms with van der Waals surface area (Å²) in [6.45, 7) is 4.29. The molecule has 2 heterocycles. The van der Waals surface area contributed by atoms with Crippen molar-refractivity contribution in [2.24, 2.45) is 5.92 Å². The molecule has 2 aromatic heterocycles. The van der Waals surface area contributed by atoms with E-state index in [-0.39, 0.29) is 23.4 Å². The van der Waals surface area contributed by atoms with Gasteiger partial charge in [-0.3, -0.25) is 9.59 Å². The monoisotopic (exact) mass is 444 g/mol. The van der Waals surface area contributed by atoms with E-state index in [2.05, 4.69) is 20.6 Å². The smallest absolute Gasteiger partial charge is 0.270 e. The largest absolute Gasteiger partial charge is 0.497 e. The number of rotatable bonds is 8. The Morgan fingerprint density at radius 2 is 1.79 bits per heavy atom. The van der Waals surface area contributed by atoms with Crippen molar-refractivity contribution in [3.8, 4) is 5.75 Å². The standard InChI is InChI=1S/C26H28N4O3/c1-16(2)24(26(32)27-13-12-17-8-10-18(33-3)11-9-17)30-25(31)22-14-20-19-6-4-5-7-21(19)29-23(20)15-28-22/h4-11,14-16,24,29H,12-13H2,1-3H3,(H,27,32)(H,30,31). The van der Waals surface area contributed by atoms with Crippen molar-refractivity contribution in [3.63, 3.8) is 0 Å². The second kappa shape index (κ2) is 9.73. The Kier molecular flexibility index (Phi) is 6.58. The van der Waals surface area contributed by atoms with Gasteiger partial charge in [-0.15, -0.1) is 0 Å². The summed E-state index contributed by atoms with van der Waals surface area (Å²) in [5.74, 6) is 0.141. The fraction of sp³-hybridized carbons (Fsp3) is 0.269. The number of carbonyl (C=O) groups excluding carboxylic acids is 2. The minimum absolute atomic E-state index is 0.0771. The van der Waals surface area contributed by atoms with Gasteiger partial charge in [0.05, 0.1) is 18.8 Å². The van der Waals surface area contributed by atoms with Gasteiger partial charge in [0.15, 0.2) is 0 Å². The predicted octanol–water partition coefficient (Wildman–Crippen LogP) is 3.84. The third kappa shape index (κ3) is 4.98. The van der Waals surface area contributed by atoms with E-state index in [1.54, 1.807) is 19.4 Å². The molecule has 0 saturated carbocycles. The third-order valence-electron chi connectivity index (χ3n) is 5.73. The first kappa shape index (κ1) is 22.3. The second-order valence-corrected chi connectivity index (χ2v) is 8.37. The molecule has 7 nitrogen and oxygen atoms in total. The fourth-order valence-corrected chi connectivity index (χ4v) is 3.86. The van der Waals surface area contributed by atoms with Gasteiger partial charge in [-0.05, 0) is 42.2 Å². The van der Waals surface area contributed by atoms with Crippen LogP contribution in [0.3, 0.4) is 0 Å². The molecule has 0 aliphatic heterocycles. The van der Waals surface area contributed by atoms with E-state index in [9.17, 15) is 9.59 Å². The van der Waals surface area contributed by atoms with Crippen molar-refractivity contribution in [1.82, 2.24) is 20.6 Å². The Bertz CT molecular complexity index is 1280. The van der Waals surface area contributed by atoms with E-state index in [0.29, 0.717) is 13.0 Å². The molecular formula is C26H28N4O3. The van der Waals surface area contributed by atoms with Crippen LogP contribution in [0.25, 0.3) is 21.8 Å². The summed E-state index contributed by atoms with van der Waals surface area (Å²) in [4.78, 5) is 33.4. The predicted molar refractivity (Wildman–Crippen MR) is 129 cm³/mol. The molecule has 0 aliphatic carbocycles.